The number of rotatable bonds is 8. The van der Waals surface area contributed by atoms with Crippen molar-refractivity contribution in [2.75, 3.05) is 20.2 Å². The fraction of sp³-hybridized carbons (Fsp3) is 0.429. The number of nitrogens with two attached hydrogens (primary N) is 1. The maximum Gasteiger partial charge on any atom is 0.248 e. The number of carbonyl (C=O) groups excluding carboxylic acids is 2. The van der Waals surface area contributed by atoms with Gasteiger partial charge in [-0.15, -0.1) is 0 Å². The molecule has 20 heavy (non-hydrogen) atoms. The van der Waals surface area contributed by atoms with Crippen molar-refractivity contribution in [3.63, 3.8) is 0 Å². The lowest BCUT2D eigenvalue weighted by Crippen LogP contribution is -2.37. The second-order valence-corrected chi connectivity index (χ2v) is 4.48. The Balaban J connectivity index is 2.32. The summed E-state index contributed by atoms with van der Waals surface area (Å²) in [6, 6.07) is 6.80. The molecular formula is C14H21N3O3. The number of primary amides is 1. The van der Waals surface area contributed by atoms with Crippen LogP contribution in [0.5, 0.6) is 5.75 Å². The van der Waals surface area contributed by atoms with E-state index in [1.54, 1.807) is 24.3 Å². The summed E-state index contributed by atoms with van der Waals surface area (Å²) >= 11 is 0. The summed E-state index contributed by atoms with van der Waals surface area (Å²) in [6.45, 7) is 2.81. The molecular weight excluding hydrogens is 258 g/mol. The average Bonchev–Trinajstić information content (AvgIpc) is 2.45. The molecule has 0 saturated heterocycles. The van der Waals surface area contributed by atoms with Crippen molar-refractivity contribution in [2.24, 2.45) is 5.73 Å². The molecule has 2 amide bonds. The summed E-state index contributed by atoms with van der Waals surface area (Å²) in [5.41, 5.74) is 5.56. The first kappa shape index (κ1) is 16.0. The standard InChI is InChI=1S/C14H21N3O3/c1-10(16-2)9-17-13(18)6-7-20-12-5-3-4-11(8-12)14(15)19/h3-5,8,10,16H,6-7,9H2,1-2H3,(H2,15,19)(H,17,18). The van der Waals surface area contributed by atoms with Crippen molar-refractivity contribution in [3.05, 3.63) is 29.8 Å². The predicted octanol–water partition coefficient (Wildman–Crippen LogP) is 0.279. The monoisotopic (exact) mass is 279 g/mol. The predicted molar refractivity (Wildman–Crippen MR) is 76.6 cm³/mol. The van der Waals surface area contributed by atoms with Crippen LogP contribution in [-0.2, 0) is 4.79 Å². The second-order valence-electron chi connectivity index (χ2n) is 4.48. The van der Waals surface area contributed by atoms with Crippen LogP contribution < -0.4 is 21.1 Å². The van der Waals surface area contributed by atoms with E-state index in [2.05, 4.69) is 10.6 Å². The smallest absolute Gasteiger partial charge is 0.248 e. The van der Waals surface area contributed by atoms with Crippen LogP contribution in [0.2, 0.25) is 0 Å². The van der Waals surface area contributed by atoms with Crippen molar-refractivity contribution in [1.82, 2.24) is 10.6 Å². The van der Waals surface area contributed by atoms with Gasteiger partial charge in [0.25, 0.3) is 0 Å². The zero-order valence-electron chi connectivity index (χ0n) is 11.8. The van der Waals surface area contributed by atoms with Crippen molar-refractivity contribution < 1.29 is 14.3 Å². The minimum absolute atomic E-state index is 0.0712. The van der Waals surface area contributed by atoms with E-state index in [1.807, 2.05) is 14.0 Å². The molecule has 1 aromatic carbocycles. The van der Waals surface area contributed by atoms with Gasteiger partial charge in [0.2, 0.25) is 11.8 Å². The van der Waals surface area contributed by atoms with Gasteiger partial charge in [-0.2, -0.15) is 0 Å². The molecule has 0 aliphatic rings. The zero-order chi connectivity index (χ0) is 15.0. The highest BCUT2D eigenvalue weighted by atomic mass is 16.5. The van der Waals surface area contributed by atoms with E-state index in [0.29, 0.717) is 17.9 Å². The van der Waals surface area contributed by atoms with Crippen LogP contribution in [0.4, 0.5) is 0 Å². The maximum atomic E-state index is 11.5. The Labute approximate surface area is 118 Å². The highest BCUT2D eigenvalue weighted by Gasteiger charge is 2.05. The normalized spacial score (nSPS) is 11.7. The van der Waals surface area contributed by atoms with Crippen LogP contribution in [0.1, 0.15) is 23.7 Å². The van der Waals surface area contributed by atoms with Gasteiger partial charge in [0, 0.05) is 18.2 Å². The lowest BCUT2D eigenvalue weighted by atomic mass is 10.2. The third-order valence-corrected chi connectivity index (χ3v) is 2.81. The molecule has 0 spiro atoms. The lowest BCUT2D eigenvalue weighted by molar-refractivity contribution is -0.121. The third kappa shape index (κ3) is 5.71. The van der Waals surface area contributed by atoms with Crippen molar-refractivity contribution in [3.8, 4) is 5.75 Å². The number of likely N-dealkylation sites (N-methyl/N-ethyl adjacent to an activating group) is 1. The fourth-order valence-electron chi connectivity index (χ4n) is 1.46. The Kier molecular flexibility index (Phi) is 6.52. The average molecular weight is 279 g/mol. The maximum absolute atomic E-state index is 11.5. The molecule has 0 fully saturated rings. The summed E-state index contributed by atoms with van der Waals surface area (Å²) in [4.78, 5) is 22.5. The van der Waals surface area contributed by atoms with Gasteiger partial charge < -0.3 is 21.1 Å². The molecule has 1 aromatic rings. The highest BCUT2D eigenvalue weighted by molar-refractivity contribution is 5.93. The number of hydrogen-bond donors (Lipinski definition) is 3. The molecule has 1 atom stereocenters. The molecule has 4 N–H and O–H groups in total. The summed E-state index contributed by atoms with van der Waals surface area (Å²) in [5, 5.41) is 5.82. The molecule has 0 saturated carbocycles. The molecule has 0 bridgehead atoms. The fourth-order valence-corrected chi connectivity index (χ4v) is 1.46. The quantitative estimate of drug-likeness (QED) is 0.637. The minimum Gasteiger partial charge on any atom is -0.493 e. The largest absolute Gasteiger partial charge is 0.493 e. The van der Waals surface area contributed by atoms with Crippen LogP contribution >= 0.6 is 0 Å². The molecule has 110 valence electrons. The molecule has 0 aliphatic heterocycles. The second kappa shape index (κ2) is 8.16. The molecule has 1 unspecified atom stereocenters. The Hall–Kier alpha value is -2.08. The van der Waals surface area contributed by atoms with E-state index in [4.69, 9.17) is 10.5 Å². The van der Waals surface area contributed by atoms with Gasteiger partial charge >= 0.3 is 0 Å². The van der Waals surface area contributed by atoms with Gasteiger partial charge in [0.1, 0.15) is 5.75 Å². The summed E-state index contributed by atoms with van der Waals surface area (Å²) in [7, 11) is 1.84. The van der Waals surface area contributed by atoms with Crippen molar-refractivity contribution in [1.29, 1.82) is 0 Å². The Bertz CT molecular complexity index is 463. The number of amides is 2. The Morgan fingerprint density at radius 2 is 2.15 bits per heavy atom. The molecule has 0 heterocycles. The first-order valence-corrected chi connectivity index (χ1v) is 6.49. The van der Waals surface area contributed by atoms with Gasteiger partial charge in [-0.25, -0.2) is 0 Å². The number of hydrogen-bond acceptors (Lipinski definition) is 4. The number of benzene rings is 1. The molecule has 6 nitrogen and oxygen atoms in total. The first-order valence-electron chi connectivity index (χ1n) is 6.49. The van der Waals surface area contributed by atoms with Crippen LogP contribution in [0.3, 0.4) is 0 Å². The van der Waals surface area contributed by atoms with Gasteiger partial charge in [-0.1, -0.05) is 6.07 Å². The van der Waals surface area contributed by atoms with E-state index in [1.165, 1.54) is 0 Å². The van der Waals surface area contributed by atoms with Gasteiger partial charge in [-0.05, 0) is 32.2 Å². The number of nitrogens with one attached hydrogen (secondary N) is 2. The van der Waals surface area contributed by atoms with Crippen LogP contribution in [0, 0.1) is 0 Å². The van der Waals surface area contributed by atoms with Crippen LogP contribution in [0.15, 0.2) is 24.3 Å². The molecule has 0 aliphatic carbocycles. The van der Waals surface area contributed by atoms with E-state index in [9.17, 15) is 9.59 Å². The van der Waals surface area contributed by atoms with Gasteiger partial charge in [0.15, 0.2) is 0 Å². The topological polar surface area (TPSA) is 93.4 Å². The molecule has 1 rings (SSSR count). The van der Waals surface area contributed by atoms with Crippen molar-refractivity contribution in [2.45, 2.75) is 19.4 Å². The number of ether oxygens (including phenoxy) is 1. The Morgan fingerprint density at radius 1 is 1.40 bits per heavy atom. The molecule has 0 aromatic heterocycles. The lowest BCUT2D eigenvalue weighted by Gasteiger charge is -2.11. The molecule has 6 heteroatoms. The SMILES string of the molecule is CNC(C)CNC(=O)CCOc1cccc(C(N)=O)c1. The van der Waals surface area contributed by atoms with Gasteiger partial charge in [0.05, 0.1) is 13.0 Å². The zero-order valence-corrected chi connectivity index (χ0v) is 11.8. The van der Waals surface area contributed by atoms with Crippen LogP contribution in [0.25, 0.3) is 0 Å². The summed E-state index contributed by atoms with van der Waals surface area (Å²) in [5.74, 6) is -0.0508. The number of carbonyl (C=O) groups is 2. The van der Waals surface area contributed by atoms with E-state index in [0.717, 1.165) is 0 Å². The first-order chi connectivity index (χ1) is 9.52. The van der Waals surface area contributed by atoms with Crippen molar-refractivity contribution >= 4 is 11.8 Å². The summed E-state index contributed by atoms with van der Waals surface area (Å²) < 4.78 is 5.42. The Morgan fingerprint density at radius 3 is 2.80 bits per heavy atom. The van der Waals surface area contributed by atoms with E-state index < -0.39 is 5.91 Å². The van der Waals surface area contributed by atoms with E-state index in [-0.39, 0.29) is 25.0 Å². The third-order valence-electron chi connectivity index (χ3n) is 2.81. The van der Waals surface area contributed by atoms with Gasteiger partial charge in [-0.3, -0.25) is 9.59 Å². The highest BCUT2D eigenvalue weighted by Crippen LogP contribution is 2.12. The molecule has 0 radical (unpaired) electrons. The summed E-state index contributed by atoms with van der Waals surface area (Å²) in [6.07, 6.45) is 0.261. The van der Waals surface area contributed by atoms with Crippen LogP contribution in [-0.4, -0.2) is 38.1 Å². The minimum atomic E-state index is -0.505. The van der Waals surface area contributed by atoms with E-state index >= 15 is 0 Å².